The Hall–Kier alpha value is -0.870. The van der Waals surface area contributed by atoms with Crippen molar-refractivity contribution in [2.45, 2.75) is 13.8 Å². The van der Waals surface area contributed by atoms with E-state index in [1.165, 1.54) is 6.20 Å². The number of nitrogens with zero attached hydrogens (tertiary/aromatic N) is 3. The smallest absolute Gasteiger partial charge is 0.275 e. The zero-order valence-electron chi connectivity index (χ0n) is 8.50. The Kier molecular flexibility index (Phi) is 4.29. The minimum absolute atomic E-state index is 0.105. The molecule has 0 aliphatic rings. The first-order chi connectivity index (χ1) is 7.11. The van der Waals surface area contributed by atoms with Gasteiger partial charge in [-0.3, -0.25) is 4.79 Å². The van der Waals surface area contributed by atoms with Crippen LogP contribution >= 0.6 is 23.2 Å². The summed E-state index contributed by atoms with van der Waals surface area (Å²) in [4.78, 5) is 13.5. The number of rotatable bonds is 3. The van der Waals surface area contributed by atoms with E-state index in [9.17, 15) is 4.79 Å². The molecule has 0 radical (unpaired) electrons. The normalized spacial score (nSPS) is 10.1. The minimum atomic E-state index is -0.250. The molecule has 0 spiro atoms. The Morgan fingerprint density at radius 3 is 2.53 bits per heavy atom. The largest absolute Gasteiger partial charge is 0.338 e. The summed E-state index contributed by atoms with van der Waals surface area (Å²) in [7, 11) is 0. The highest BCUT2D eigenvalue weighted by atomic mass is 35.5. The predicted molar refractivity (Wildman–Crippen MR) is 59.3 cm³/mol. The molecular weight excluding hydrogens is 237 g/mol. The van der Waals surface area contributed by atoms with E-state index < -0.39 is 0 Å². The van der Waals surface area contributed by atoms with Gasteiger partial charge in [0.05, 0.1) is 16.2 Å². The van der Waals surface area contributed by atoms with Gasteiger partial charge >= 0.3 is 0 Å². The maximum absolute atomic E-state index is 11.9. The summed E-state index contributed by atoms with van der Waals surface area (Å²) >= 11 is 11.6. The van der Waals surface area contributed by atoms with Gasteiger partial charge in [0.15, 0.2) is 5.69 Å². The average molecular weight is 248 g/mol. The summed E-state index contributed by atoms with van der Waals surface area (Å²) in [6.07, 6.45) is 1.31. The highest BCUT2D eigenvalue weighted by Crippen LogP contribution is 2.23. The van der Waals surface area contributed by atoms with Gasteiger partial charge in [-0.2, -0.15) is 5.10 Å². The van der Waals surface area contributed by atoms with Gasteiger partial charge in [-0.25, -0.2) is 0 Å². The Labute approximate surface area is 98.2 Å². The molecule has 4 nitrogen and oxygen atoms in total. The second-order valence-corrected chi connectivity index (χ2v) is 3.62. The van der Waals surface area contributed by atoms with E-state index in [1.54, 1.807) is 4.90 Å². The zero-order valence-corrected chi connectivity index (χ0v) is 10.0. The molecule has 6 heteroatoms. The lowest BCUT2D eigenvalue weighted by Crippen LogP contribution is -2.31. The standard InChI is InChI=1S/C9H11Cl2N3O/c1-3-14(4-2)9(15)8-7(11)6(10)5-12-13-8/h5H,3-4H2,1-2H3. The highest BCUT2D eigenvalue weighted by Gasteiger charge is 2.19. The fourth-order valence-electron chi connectivity index (χ4n) is 1.15. The molecule has 1 aromatic rings. The van der Waals surface area contributed by atoms with Crippen LogP contribution in [0.3, 0.4) is 0 Å². The van der Waals surface area contributed by atoms with Crippen LogP contribution < -0.4 is 0 Å². The first-order valence-electron chi connectivity index (χ1n) is 4.57. The van der Waals surface area contributed by atoms with Crippen molar-refractivity contribution in [2.75, 3.05) is 13.1 Å². The fraction of sp³-hybridized carbons (Fsp3) is 0.444. The molecule has 15 heavy (non-hydrogen) atoms. The number of carbonyl (C=O) groups is 1. The van der Waals surface area contributed by atoms with Crippen molar-refractivity contribution >= 4 is 29.1 Å². The molecule has 1 amide bonds. The summed E-state index contributed by atoms with van der Waals surface area (Å²) in [6, 6.07) is 0. The van der Waals surface area contributed by atoms with Crippen LogP contribution in [-0.4, -0.2) is 34.1 Å². The van der Waals surface area contributed by atoms with Crippen LogP contribution in [0.4, 0.5) is 0 Å². The van der Waals surface area contributed by atoms with E-state index >= 15 is 0 Å². The molecule has 0 aliphatic carbocycles. The Morgan fingerprint density at radius 1 is 1.40 bits per heavy atom. The van der Waals surface area contributed by atoms with Crippen LogP contribution in [-0.2, 0) is 0 Å². The third kappa shape index (κ3) is 2.58. The molecule has 1 aromatic heterocycles. The lowest BCUT2D eigenvalue weighted by Gasteiger charge is -2.18. The molecule has 0 aliphatic heterocycles. The summed E-state index contributed by atoms with van der Waals surface area (Å²) in [5.41, 5.74) is 0.105. The van der Waals surface area contributed by atoms with Crippen molar-refractivity contribution < 1.29 is 4.79 Å². The van der Waals surface area contributed by atoms with Gasteiger partial charge in [0.2, 0.25) is 0 Å². The number of halogens is 2. The van der Waals surface area contributed by atoms with Crippen LogP contribution in [0.15, 0.2) is 6.20 Å². The van der Waals surface area contributed by atoms with E-state index in [4.69, 9.17) is 23.2 Å². The van der Waals surface area contributed by atoms with Crippen LogP contribution in [0.2, 0.25) is 10.0 Å². The van der Waals surface area contributed by atoms with E-state index in [0.717, 1.165) is 0 Å². The Balaban J connectivity index is 3.05. The Morgan fingerprint density at radius 2 is 2.00 bits per heavy atom. The van der Waals surface area contributed by atoms with Gasteiger partial charge in [-0.15, -0.1) is 5.10 Å². The average Bonchev–Trinajstić information content (AvgIpc) is 2.23. The quantitative estimate of drug-likeness (QED) is 0.824. The number of carbonyl (C=O) groups excluding carboxylic acids is 1. The van der Waals surface area contributed by atoms with Crippen LogP contribution in [0.5, 0.6) is 0 Å². The summed E-state index contributed by atoms with van der Waals surface area (Å²) in [5.74, 6) is -0.250. The van der Waals surface area contributed by atoms with Crippen LogP contribution in [0.25, 0.3) is 0 Å². The predicted octanol–water partition coefficient (Wildman–Crippen LogP) is 2.27. The SMILES string of the molecule is CCN(CC)C(=O)c1nncc(Cl)c1Cl. The lowest BCUT2D eigenvalue weighted by atomic mass is 10.3. The molecule has 0 unspecified atom stereocenters. The van der Waals surface area contributed by atoms with Gasteiger partial charge in [0.25, 0.3) is 5.91 Å². The molecule has 0 aromatic carbocycles. The van der Waals surface area contributed by atoms with Crippen LogP contribution in [0.1, 0.15) is 24.3 Å². The van der Waals surface area contributed by atoms with Crippen molar-refractivity contribution in [1.29, 1.82) is 0 Å². The van der Waals surface area contributed by atoms with E-state index in [2.05, 4.69) is 10.2 Å². The number of hydrogen-bond acceptors (Lipinski definition) is 3. The first kappa shape index (κ1) is 12.2. The van der Waals surface area contributed by atoms with Gasteiger partial charge in [-0.05, 0) is 13.8 Å². The number of aromatic nitrogens is 2. The van der Waals surface area contributed by atoms with E-state index in [-0.39, 0.29) is 21.6 Å². The van der Waals surface area contributed by atoms with Gasteiger partial charge in [0.1, 0.15) is 0 Å². The third-order valence-corrected chi connectivity index (χ3v) is 2.77. The molecule has 0 saturated heterocycles. The zero-order chi connectivity index (χ0) is 11.4. The molecule has 0 fully saturated rings. The molecular formula is C9H11Cl2N3O. The summed E-state index contributed by atoms with van der Waals surface area (Å²) < 4.78 is 0. The van der Waals surface area contributed by atoms with E-state index in [0.29, 0.717) is 13.1 Å². The first-order valence-corrected chi connectivity index (χ1v) is 5.33. The fourth-order valence-corrected chi connectivity index (χ4v) is 1.45. The van der Waals surface area contributed by atoms with Crippen molar-refractivity contribution in [3.63, 3.8) is 0 Å². The van der Waals surface area contributed by atoms with Gasteiger partial charge < -0.3 is 4.90 Å². The number of hydrogen-bond donors (Lipinski definition) is 0. The van der Waals surface area contributed by atoms with E-state index in [1.807, 2.05) is 13.8 Å². The minimum Gasteiger partial charge on any atom is -0.338 e. The Bertz CT molecular complexity index is 366. The van der Waals surface area contributed by atoms with Crippen LogP contribution in [0, 0.1) is 0 Å². The summed E-state index contributed by atoms with van der Waals surface area (Å²) in [6.45, 7) is 4.96. The summed E-state index contributed by atoms with van der Waals surface area (Å²) in [5, 5.41) is 7.70. The van der Waals surface area contributed by atoms with Gasteiger partial charge in [0, 0.05) is 13.1 Å². The molecule has 82 valence electrons. The monoisotopic (exact) mass is 247 g/mol. The highest BCUT2D eigenvalue weighted by molar-refractivity contribution is 6.43. The maximum atomic E-state index is 11.9. The third-order valence-electron chi connectivity index (χ3n) is 2.00. The van der Waals surface area contributed by atoms with Crippen molar-refractivity contribution in [2.24, 2.45) is 0 Å². The molecule has 1 rings (SSSR count). The molecule has 0 saturated carbocycles. The molecule has 0 atom stereocenters. The van der Waals surface area contributed by atoms with Crippen molar-refractivity contribution in [1.82, 2.24) is 15.1 Å². The second kappa shape index (κ2) is 5.28. The lowest BCUT2D eigenvalue weighted by molar-refractivity contribution is 0.0766. The maximum Gasteiger partial charge on any atom is 0.275 e. The molecule has 0 bridgehead atoms. The number of amides is 1. The topological polar surface area (TPSA) is 46.1 Å². The second-order valence-electron chi connectivity index (χ2n) is 2.83. The molecule has 0 N–H and O–H groups in total. The molecule has 1 heterocycles. The van der Waals surface area contributed by atoms with Crippen molar-refractivity contribution in [3.8, 4) is 0 Å². The van der Waals surface area contributed by atoms with Gasteiger partial charge in [-0.1, -0.05) is 23.2 Å². The van der Waals surface area contributed by atoms with Crippen molar-refractivity contribution in [3.05, 3.63) is 21.9 Å².